The number of halogens is 1. The van der Waals surface area contributed by atoms with Gasteiger partial charge in [-0.2, -0.15) is 4.39 Å². The van der Waals surface area contributed by atoms with Crippen LogP contribution in [-0.2, 0) is 13.0 Å². The number of aromatic nitrogens is 2. The van der Waals surface area contributed by atoms with Crippen LogP contribution in [0.3, 0.4) is 0 Å². The van der Waals surface area contributed by atoms with Crippen LogP contribution < -0.4 is 5.32 Å². The van der Waals surface area contributed by atoms with Gasteiger partial charge in [0.25, 0.3) is 0 Å². The van der Waals surface area contributed by atoms with E-state index in [1.165, 1.54) is 17.1 Å². The molecule has 0 saturated carbocycles. The fourth-order valence-corrected chi connectivity index (χ4v) is 2.09. The molecule has 0 aliphatic heterocycles. The first-order chi connectivity index (χ1) is 7.78. The van der Waals surface area contributed by atoms with E-state index in [0.717, 1.165) is 17.1 Å². The highest BCUT2D eigenvalue weighted by molar-refractivity contribution is 7.11. The van der Waals surface area contributed by atoms with Crippen molar-refractivity contribution in [3.63, 3.8) is 0 Å². The summed E-state index contributed by atoms with van der Waals surface area (Å²) < 4.78 is 12.8. The van der Waals surface area contributed by atoms with Crippen molar-refractivity contribution in [1.82, 2.24) is 9.97 Å². The summed E-state index contributed by atoms with van der Waals surface area (Å²) in [6, 6.07) is 3.10. The van der Waals surface area contributed by atoms with Gasteiger partial charge in [-0.25, -0.2) is 9.97 Å². The minimum atomic E-state index is -0.474. The van der Waals surface area contributed by atoms with Crippen molar-refractivity contribution in [2.45, 2.75) is 19.9 Å². The van der Waals surface area contributed by atoms with E-state index >= 15 is 0 Å². The van der Waals surface area contributed by atoms with Gasteiger partial charge in [0, 0.05) is 29.0 Å². The molecular formula is C11H12FN3S. The maximum Gasteiger partial charge on any atom is 0.214 e. The Morgan fingerprint density at radius 3 is 3.00 bits per heavy atom. The molecule has 2 rings (SSSR count). The minimum Gasteiger partial charge on any atom is -0.378 e. The summed E-state index contributed by atoms with van der Waals surface area (Å²) in [5, 5.41) is 4.12. The van der Waals surface area contributed by atoms with Crippen molar-refractivity contribution in [3.8, 4) is 0 Å². The third-order valence-electron chi connectivity index (χ3n) is 2.12. The first-order valence-corrected chi connectivity index (χ1v) is 5.88. The second-order valence-electron chi connectivity index (χ2n) is 3.29. The van der Waals surface area contributed by atoms with Crippen molar-refractivity contribution in [3.05, 3.63) is 40.4 Å². The smallest absolute Gasteiger partial charge is 0.214 e. The monoisotopic (exact) mass is 237 g/mol. The lowest BCUT2D eigenvalue weighted by Crippen LogP contribution is -1.99. The first-order valence-electron chi connectivity index (χ1n) is 5.07. The Balaban J connectivity index is 1.96. The second-order valence-corrected chi connectivity index (χ2v) is 4.49. The average Bonchev–Trinajstić information content (AvgIpc) is 2.74. The number of hydrogen-bond donors (Lipinski definition) is 1. The number of anilines is 1. The van der Waals surface area contributed by atoms with Crippen molar-refractivity contribution >= 4 is 17.0 Å². The third-order valence-corrected chi connectivity index (χ3v) is 3.26. The lowest BCUT2D eigenvalue weighted by atomic mass is 10.4. The molecule has 0 fully saturated rings. The molecule has 0 amide bonds. The Morgan fingerprint density at radius 1 is 1.44 bits per heavy atom. The third kappa shape index (κ3) is 2.76. The van der Waals surface area contributed by atoms with E-state index in [4.69, 9.17) is 0 Å². The number of hydrogen-bond acceptors (Lipinski definition) is 4. The van der Waals surface area contributed by atoms with Crippen LogP contribution in [-0.4, -0.2) is 9.97 Å². The molecule has 16 heavy (non-hydrogen) atoms. The average molecular weight is 237 g/mol. The summed E-state index contributed by atoms with van der Waals surface area (Å²) >= 11 is 1.67. The molecule has 0 radical (unpaired) electrons. The van der Waals surface area contributed by atoms with Gasteiger partial charge in [-0.3, -0.25) is 0 Å². The van der Waals surface area contributed by atoms with Crippen LogP contribution in [0, 0.1) is 5.95 Å². The van der Waals surface area contributed by atoms with E-state index in [2.05, 4.69) is 22.2 Å². The summed E-state index contributed by atoms with van der Waals surface area (Å²) in [7, 11) is 0. The quantitative estimate of drug-likeness (QED) is 0.831. The number of thiazole rings is 1. The van der Waals surface area contributed by atoms with Gasteiger partial charge < -0.3 is 5.32 Å². The number of nitrogens with one attached hydrogen (secondary N) is 1. The van der Waals surface area contributed by atoms with Gasteiger partial charge in [-0.15, -0.1) is 11.3 Å². The van der Waals surface area contributed by atoms with Gasteiger partial charge in [-0.1, -0.05) is 6.92 Å². The number of rotatable bonds is 4. The SMILES string of the molecule is CCc1cnc(CNc2ccnc(F)c2)s1. The Morgan fingerprint density at radius 2 is 2.31 bits per heavy atom. The molecule has 1 N–H and O–H groups in total. The summed E-state index contributed by atoms with van der Waals surface area (Å²) in [6.45, 7) is 2.72. The summed E-state index contributed by atoms with van der Waals surface area (Å²) in [5.41, 5.74) is 0.723. The van der Waals surface area contributed by atoms with Crippen molar-refractivity contribution in [2.24, 2.45) is 0 Å². The zero-order valence-corrected chi connectivity index (χ0v) is 9.72. The van der Waals surface area contributed by atoms with Crippen molar-refractivity contribution < 1.29 is 4.39 Å². The van der Waals surface area contributed by atoms with Gasteiger partial charge in [-0.05, 0) is 12.5 Å². The molecule has 0 bridgehead atoms. The molecule has 3 nitrogen and oxygen atoms in total. The molecule has 0 unspecified atom stereocenters. The Labute approximate surface area is 97.4 Å². The highest BCUT2D eigenvalue weighted by atomic mass is 32.1. The molecule has 0 aromatic carbocycles. The fraction of sp³-hybridized carbons (Fsp3) is 0.273. The maximum atomic E-state index is 12.8. The lowest BCUT2D eigenvalue weighted by Gasteiger charge is -2.02. The second kappa shape index (κ2) is 5.03. The van der Waals surface area contributed by atoms with Gasteiger partial charge in [0.1, 0.15) is 5.01 Å². The molecule has 84 valence electrons. The summed E-state index contributed by atoms with van der Waals surface area (Å²) in [5.74, 6) is -0.474. The zero-order valence-electron chi connectivity index (χ0n) is 8.90. The predicted molar refractivity (Wildman–Crippen MR) is 63.0 cm³/mol. The number of pyridine rings is 1. The highest BCUT2D eigenvalue weighted by Gasteiger charge is 2.01. The first kappa shape index (κ1) is 11.0. The van der Waals surface area contributed by atoms with Crippen LogP contribution >= 0.6 is 11.3 Å². The number of nitrogens with zero attached hydrogens (tertiary/aromatic N) is 2. The molecule has 2 aromatic rings. The number of aryl methyl sites for hydroxylation is 1. The minimum absolute atomic E-state index is 0.474. The molecule has 0 aliphatic rings. The van der Waals surface area contributed by atoms with Gasteiger partial charge in [0.05, 0.1) is 6.54 Å². The Bertz CT molecular complexity index is 470. The van der Waals surface area contributed by atoms with E-state index in [1.54, 1.807) is 17.4 Å². The fourth-order valence-electron chi connectivity index (χ4n) is 1.28. The molecule has 0 atom stereocenters. The van der Waals surface area contributed by atoms with E-state index in [-0.39, 0.29) is 0 Å². The molecule has 0 saturated heterocycles. The normalized spacial score (nSPS) is 10.4. The van der Waals surface area contributed by atoms with Crippen molar-refractivity contribution in [1.29, 1.82) is 0 Å². The van der Waals surface area contributed by atoms with Crippen LogP contribution in [0.5, 0.6) is 0 Å². The van der Waals surface area contributed by atoms with E-state index in [1.807, 2.05) is 6.20 Å². The summed E-state index contributed by atoms with van der Waals surface area (Å²) in [4.78, 5) is 9.03. The highest BCUT2D eigenvalue weighted by Crippen LogP contribution is 2.15. The molecular weight excluding hydrogens is 225 g/mol. The predicted octanol–water partition coefficient (Wildman–Crippen LogP) is 2.85. The van der Waals surface area contributed by atoms with Crippen LogP contribution in [0.15, 0.2) is 24.5 Å². The van der Waals surface area contributed by atoms with Crippen LogP contribution in [0.2, 0.25) is 0 Å². The van der Waals surface area contributed by atoms with Crippen LogP contribution in [0.1, 0.15) is 16.8 Å². The zero-order chi connectivity index (χ0) is 11.4. The topological polar surface area (TPSA) is 37.8 Å². The van der Waals surface area contributed by atoms with Gasteiger partial charge in [0.2, 0.25) is 5.95 Å². The van der Waals surface area contributed by atoms with Crippen molar-refractivity contribution in [2.75, 3.05) is 5.32 Å². The maximum absolute atomic E-state index is 12.8. The van der Waals surface area contributed by atoms with E-state index < -0.39 is 5.95 Å². The molecule has 0 aliphatic carbocycles. The standard InChI is InChI=1S/C11H12FN3S/c1-2-9-6-15-11(16-9)7-14-8-3-4-13-10(12)5-8/h3-6H,2,7H2,1H3,(H,13,14). The Hall–Kier alpha value is -1.49. The van der Waals surface area contributed by atoms with Gasteiger partial charge >= 0.3 is 0 Å². The molecule has 2 aromatic heterocycles. The Kier molecular flexibility index (Phi) is 3.46. The largest absolute Gasteiger partial charge is 0.378 e. The molecule has 2 heterocycles. The van der Waals surface area contributed by atoms with E-state index in [0.29, 0.717) is 6.54 Å². The lowest BCUT2D eigenvalue weighted by molar-refractivity contribution is 0.584. The van der Waals surface area contributed by atoms with E-state index in [9.17, 15) is 4.39 Å². The molecule has 5 heteroatoms. The summed E-state index contributed by atoms with van der Waals surface area (Å²) in [6.07, 6.45) is 4.33. The molecule has 0 spiro atoms. The van der Waals surface area contributed by atoms with Gasteiger partial charge in [0.15, 0.2) is 0 Å². The van der Waals surface area contributed by atoms with Crippen LogP contribution in [0.25, 0.3) is 0 Å². The van der Waals surface area contributed by atoms with Crippen LogP contribution in [0.4, 0.5) is 10.1 Å².